The van der Waals surface area contributed by atoms with Gasteiger partial charge >= 0.3 is 5.97 Å². The lowest BCUT2D eigenvalue weighted by atomic mass is 9.92. The number of halogens is 1. The van der Waals surface area contributed by atoms with Crippen molar-refractivity contribution >= 4 is 23.4 Å². The van der Waals surface area contributed by atoms with Crippen molar-refractivity contribution in [3.8, 4) is 5.75 Å². The van der Waals surface area contributed by atoms with Crippen LogP contribution in [0.4, 0.5) is 0 Å². The fourth-order valence-corrected chi connectivity index (χ4v) is 4.21. The number of methoxy groups -OCH3 is 1. The van der Waals surface area contributed by atoms with E-state index in [1.165, 1.54) is 0 Å². The number of nitrogens with zero attached hydrogens (tertiary/aromatic N) is 1. The third-order valence-electron chi connectivity index (χ3n) is 5.34. The average Bonchev–Trinajstić information content (AvgIpc) is 3.10. The van der Waals surface area contributed by atoms with Crippen molar-refractivity contribution in [1.29, 1.82) is 0 Å². The highest BCUT2D eigenvalue weighted by Gasteiger charge is 2.51. The summed E-state index contributed by atoms with van der Waals surface area (Å²) in [7, 11) is 1.57. The Labute approximate surface area is 181 Å². The van der Waals surface area contributed by atoms with E-state index in [1.807, 2.05) is 49.9 Å². The maximum atomic E-state index is 13.5. The van der Waals surface area contributed by atoms with Gasteiger partial charge < -0.3 is 20.1 Å². The Morgan fingerprint density at radius 2 is 1.80 bits per heavy atom. The average molecular weight is 429 g/mol. The number of carbonyl (C=O) groups is 2. The van der Waals surface area contributed by atoms with Crippen LogP contribution in [0.5, 0.6) is 5.75 Å². The summed E-state index contributed by atoms with van der Waals surface area (Å²) >= 11 is 5.96. The number of rotatable bonds is 7. The minimum Gasteiger partial charge on any atom is -0.496 e. The molecule has 0 aromatic heterocycles. The molecule has 158 valence electrons. The van der Waals surface area contributed by atoms with E-state index >= 15 is 0 Å². The van der Waals surface area contributed by atoms with Gasteiger partial charge in [0.25, 0.3) is 0 Å². The Hall–Kier alpha value is -2.99. The Kier molecular flexibility index (Phi) is 6.08. The van der Waals surface area contributed by atoms with E-state index in [0.29, 0.717) is 22.8 Å². The minimum absolute atomic E-state index is 0.118. The highest BCUT2D eigenvalue weighted by Crippen LogP contribution is 2.45. The summed E-state index contributed by atoms with van der Waals surface area (Å²) in [6, 6.07) is 13.7. The normalized spacial score (nSPS) is 18.5. The summed E-state index contributed by atoms with van der Waals surface area (Å²) < 4.78 is 5.57. The molecule has 0 spiro atoms. The van der Waals surface area contributed by atoms with Crippen LogP contribution in [0, 0.1) is 0 Å². The lowest BCUT2D eigenvalue weighted by Gasteiger charge is -2.44. The minimum atomic E-state index is -1.19. The predicted molar refractivity (Wildman–Crippen MR) is 116 cm³/mol. The van der Waals surface area contributed by atoms with E-state index in [1.54, 1.807) is 31.4 Å². The third-order valence-corrected chi connectivity index (χ3v) is 5.59. The highest BCUT2D eigenvalue weighted by atomic mass is 35.5. The molecule has 1 aliphatic rings. The Morgan fingerprint density at radius 1 is 1.17 bits per heavy atom. The monoisotopic (exact) mass is 428 g/mol. The van der Waals surface area contributed by atoms with Crippen molar-refractivity contribution in [3.05, 3.63) is 76.1 Å². The smallest absolute Gasteiger partial charge is 0.354 e. The fraction of sp³-hybridized carbons (Fsp3) is 0.304. The molecule has 0 radical (unpaired) electrons. The van der Waals surface area contributed by atoms with Gasteiger partial charge in [0.15, 0.2) is 5.70 Å². The van der Waals surface area contributed by atoms with Crippen molar-refractivity contribution in [2.75, 3.05) is 7.11 Å². The molecule has 7 heteroatoms. The number of hydrogen-bond donors (Lipinski definition) is 2. The maximum absolute atomic E-state index is 13.5. The van der Waals surface area contributed by atoms with Crippen molar-refractivity contribution in [2.45, 2.75) is 38.9 Å². The Morgan fingerprint density at radius 3 is 2.33 bits per heavy atom. The number of carboxylic acid groups (broad SMARTS) is 1. The van der Waals surface area contributed by atoms with Gasteiger partial charge in [0, 0.05) is 22.2 Å². The molecular weight excluding hydrogens is 404 g/mol. The van der Waals surface area contributed by atoms with Gasteiger partial charge in [-0.05, 0) is 50.6 Å². The molecule has 0 aliphatic carbocycles. The molecule has 1 unspecified atom stereocenters. The van der Waals surface area contributed by atoms with Crippen LogP contribution < -0.4 is 10.1 Å². The molecule has 1 atom stereocenters. The fourth-order valence-electron chi connectivity index (χ4n) is 4.08. The van der Waals surface area contributed by atoms with Crippen LogP contribution in [0.15, 0.2) is 59.9 Å². The second-order valence-electron chi connectivity index (χ2n) is 7.37. The van der Waals surface area contributed by atoms with Crippen molar-refractivity contribution in [1.82, 2.24) is 10.2 Å². The van der Waals surface area contributed by atoms with Crippen LogP contribution in [-0.4, -0.2) is 34.9 Å². The molecule has 1 aliphatic heterocycles. The quantitative estimate of drug-likeness (QED) is 0.636. The number of ketones is 1. The van der Waals surface area contributed by atoms with E-state index in [9.17, 15) is 14.7 Å². The second kappa shape index (κ2) is 8.40. The molecule has 2 N–H and O–H groups in total. The number of benzene rings is 2. The van der Waals surface area contributed by atoms with Gasteiger partial charge in [0.1, 0.15) is 17.1 Å². The zero-order chi connectivity index (χ0) is 22.1. The molecule has 2 aromatic rings. The molecule has 30 heavy (non-hydrogen) atoms. The largest absolute Gasteiger partial charge is 0.496 e. The van der Waals surface area contributed by atoms with Gasteiger partial charge in [-0.2, -0.15) is 0 Å². The Bertz CT molecular complexity index is 1000. The lowest BCUT2D eigenvalue weighted by molar-refractivity contribution is -0.133. The molecule has 6 nitrogen and oxygen atoms in total. The number of hydrogen-bond acceptors (Lipinski definition) is 5. The summed E-state index contributed by atoms with van der Waals surface area (Å²) in [6.07, 6.45) is 0.500. The molecule has 0 fully saturated rings. The summed E-state index contributed by atoms with van der Waals surface area (Å²) in [5, 5.41) is 13.6. The molecule has 0 saturated heterocycles. The van der Waals surface area contributed by atoms with E-state index in [0.717, 1.165) is 5.56 Å². The van der Waals surface area contributed by atoms with Crippen LogP contribution in [0.2, 0.25) is 5.02 Å². The van der Waals surface area contributed by atoms with E-state index in [-0.39, 0.29) is 23.2 Å². The summed E-state index contributed by atoms with van der Waals surface area (Å²) in [5.74, 6) is -0.957. The molecule has 0 bridgehead atoms. The molecule has 0 amide bonds. The van der Waals surface area contributed by atoms with E-state index in [4.69, 9.17) is 16.3 Å². The number of nitrogens with one attached hydrogen (secondary N) is 1. The number of allylic oxidation sites excluding steroid dienone is 1. The van der Waals surface area contributed by atoms with Crippen molar-refractivity contribution in [2.24, 2.45) is 0 Å². The van der Waals surface area contributed by atoms with Crippen LogP contribution in [-0.2, 0) is 10.5 Å². The topological polar surface area (TPSA) is 78.9 Å². The van der Waals surface area contributed by atoms with Crippen LogP contribution >= 0.6 is 11.6 Å². The molecular formula is C23H25ClN2O4. The molecule has 0 saturated carbocycles. The number of ether oxygens (including phenoxy) is 1. The summed E-state index contributed by atoms with van der Waals surface area (Å²) in [6.45, 7) is 5.81. The van der Waals surface area contributed by atoms with Crippen LogP contribution in [0.25, 0.3) is 0 Å². The van der Waals surface area contributed by atoms with Gasteiger partial charge in [-0.15, -0.1) is 0 Å². The first-order valence-corrected chi connectivity index (χ1v) is 10.1. The number of Topliss-reactive ketones (excluding diaryl/α,β-unsaturated/α-hetero) is 1. The first-order valence-electron chi connectivity index (χ1n) is 9.75. The zero-order valence-electron chi connectivity index (χ0n) is 17.4. The van der Waals surface area contributed by atoms with Gasteiger partial charge in [-0.25, -0.2) is 4.79 Å². The predicted octanol–water partition coefficient (Wildman–Crippen LogP) is 4.40. The molecule has 2 aromatic carbocycles. The van der Waals surface area contributed by atoms with E-state index in [2.05, 4.69) is 5.32 Å². The number of para-hydroxylation sites is 1. The van der Waals surface area contributed by atoms with Crippen LogP contribution in [0.1, 0.15) is 43.1 Å². The van der Waals surface area contributed by atoms with Gasteiger partial charge in [-0.1, -0.05) is 36.7 Å². The van der Waals surface area contributed by atoms with E-state index < -0.39 is 11.6 Å². The second-order valence-corrected chi connectivity index (χ2v) is 7.80. The Balaban J connectivity index is 2.24. The number of carbonyl (C=O) groups excluding carboxylic acids is 1. The number of carboxylic acids is 1. The SMILES string of the molecule is CCC1(c2ccccc2OC)NC(C(=O)O)=C(C(=O)c2ccc(Cl)cc2)N1C(C)C. The molecule has 1 heterocycles. The molecule has 3 rings (SSSR count). The first-order chi connectivity index (χ1) is 14.3. The van der Waals surface area contributed by atoms with Crippen LogP contribution in [0.3, 0.4) is 0 Å². The summed E-state index contributed by atoms with van der Waals surface area (Å²) in [5.41, 5.74) is 0.171. The van der Waals surface area contributed by atoms with Gasteiger partial charge in [0.05, 0.1) is 7.11 Å². The highest BCUT2D eigenvalue weighted by molar-refractivity contribution is 6.30. The standard InChI is InChI=1S/C23H25ClN2O4/c1-5-23(17-8-6-7-9-18(17)30-4)25-19(22(28)29)20(26(23)14(2)3)21(27)15-10-12-16(24)13-11-15/h6-14,25H,5H2,1-4H3,(H,28,29). The number of aliphatic carboxylic acids is 1. The van der Waals surface area contributed by atoms with Crippen molar-refractivity contribution < 1.29 is 19.4 Å². The first kappa shape index (κ1) is 21.7. The van der Waals surface area contributed by atoms with Gasteiger partial charge in [-0.3, -0.25) is 4.79 Å². The maximum Gasteiger partial charge on any atom is 0.354 e. The lowest BCUT2D eigenvalue weighted by Crippen LogP contribution is -2.53. The zero-order valence-corrected chi connectivity index (χ0v) is 18.2. The third kappa shape index (κ3) is 3.52. The van der Waals surface area contributed by atoms with Gasteiger partial charge in [0.2, 0.25) is 5.78 Å². The van der Waals surface area contributed by atoms with Crippen molar-refractivity contribution in [3.63, 3.8) is 0 Å². The summed E-state index contributed by atoms with van der Waals surface area (Å²) in [4.78, 5) is 27.6.